The summed E-state index contributed by atoms with van der Waals surface area (Å²) in [6.07, 6.45) is 11.8. The molecule has 2 aliphatic rings. The van der Waals surface area contributed by atoms with Crippen LogP contribution in [-0.4, -0.2) is 43.7 Å². The minimum absolute atomic E-state index is 0.223. The second-order valence-corrected chi connectivity index (χ2v) is 8.31. The highest BCUT2D eigenvalue weighted by atomic mass is 16.5. The molecule has 0 spiro atoms. The van der Waals surface area contributed by atoms with Gasteiger partial charge < -0.3 is 14.4 Å². The zero-order valence-electron chi connectivity index (χ0n) is 17.6. The largest absolute Gasteiger partial charge is 0.494 e. The standard InChI is InChI=1S/C24H37NO3/c1-2-6-22-19-23(13-12-21(22)10-4-9-20-7-3-8-20)28-16-5-11-24(26)25-14-17-27-18-15-25/h12-13,19-20H,2-11,14-18H2,1H3. The van der Waals surface area contributed by atoms with Crippen LogP contribution in [-0.2, 0) is 22.4 Å². The van der Waals surface area contributed by atoms with E-state index in [1.54, 1.807) is 0 Å². The minimum atomic E-state index is 0.223. The molecule has 0 bridgehead atoms. The second kappa shape index (κ2) is 11.5. The van der Waals surface area contributed by atoms with Crippen molar-refractivity contribution < 1.29 is 14.3 Å². The molecule has 0 N–H and O–H groups in total. The molecule has 2 fully saturated rings. The zero-order chi connectivity index (χ0) is 19.6. The molecule has 28 heavy (non-hydrogen) atoms. The Morgan fingerprint density at radius 2 is 1.96 bits per heavy atom. The van der Waals surface area contributed by atoms with Crippen LogP contribution in [0.25, 0.3) is 0 Å². The summed E-state index contributed by atoms with van der Waals surface area (Å²) in [6, 6.07) is 6.60. The Kier molecular flexibility index (Phi) is 8.66. The van der Waals surface area contributed by atoms with Crippen LogP contribution in [0.1, 0.15) is 69.4 Å². The number of carbonyl (C=O) groups is 1. The number of aryl methyl sites for hydroxylation is 2. The third-order valence-electron chi connectivity index (χ3n) is 6.15. The normalized spacial score (nSPS) is 17.4. The highest BCUT2D eigenvalue weighted by molar-refractivity contribution is 5.76. The summed E-state index contributed by atoms with van der Waals surface area (Å²) in [5, 5.41) is 0. The van der Waals surface area contributed by atoms with Crippen molar-refractivity contribution >= 4 is 5.91 Å². The van der Waals surface area contributed by atoms with Crippen molar-refractivity contribution in [3.05, 3.63) is 29.3 Å². The smallest absolute Gasteiger partial charge is 0.222 e. The lowest BCUT2D eigenvalue weighted by molar-refractivity contribution is -0.135. The molecule has 0 unspecified atom stereocenters. The quantitative estimate of drug-likeness (QED) is 0.513. The van der Waals surface area contributed by atoms with Gasteiger partial charge in [-0.15, -0.1) is 0 Å². The van der Waals surface area contributed by atoms with Crippen molar-refractivity contribution in [3.8, 4) is 5.75 Å². The maximum absolute atomic E-state index is 12.2. The van der Waals surface area contributed by atoms with Gasteiger partial charge in [-0.2, -0.15) is 0 Å². The number of amides is 1. The van der Waals surface area contributed by atoms with E-state index in [2.05, 4.69) is 25.1 Å². The molecule has 1 aromatic rings. The first-order valence-corrected chi connectivity index (χ1v) is 11.4. The highest BCUT2D eigenvalue weighted by Gasteiger charge is 2.17. The van der Waals surface area contributed by atoms with Crippen LogP contribution in [0.4, 0.5) is 0 Å². The van der Waals surface area contributed by atoms with Crippen molar-refractivity contribution in [2.45, 2.75) is 71.1 Å². The topological polar surface area (TPSA) is 38.8 Å². The maximum atomic E-state index is 12.2. The Morgan fingerprint density at radius 3 is 2.68 bits per heavy atom. The van der Waals surface area contributed by atoms with Crippen LogP contribution in [0.15, 0.2) is 18.2 Å². The molecule has 4 nitrogen and oxygen atoms in total. The van der Waals surface area contributed by atoms with Gasteiger partial charge in [-0.25, -0.2) is 0 Å². The van der Waals surface area contributed by atoms with Gasteiger partial charge in [-0.1, -0.05) is 45.1 Å². The predicted octanol–water partition coefficient (Wildman–Crippen LogP) is 4.78. The highest BCUT2D eigenvalue weighted by Crippen LogP contribution is 2.31. The number of benzene rings is 1. The van der Waals surface area contributed by atoms with Crippen LogP contribution < -0.4 is 4.74 Å². The minimum Gasteiger partial charge on any atom is -0.494 e. The fourth-order valence-electron chi connectivity index (χ4n) is 4.18. The van der Waals surface area contributed by atoms with Gasteiger partial charge in [0.15, 0.2) is 0 Å². The third-order valence-corrected chi connectivity index (χ3v) is 6.15. The molecule has 1 heterocycles. The molecule has 1 saturated carbocycles. The van der Waals surface area contributed by atoms with Crippen LogP contribution >= 0.6 is 0 Å². The summed E-state index contributed by atoms with van der Waals surface area (Å²) < 4.78 is 11.3. The molecule has 1 amide bonds. The Hall–Kier alpha value is -1.55. The summed E-state index contributed by atoms with van der Waals surface area (Å²) in [5.41, 5.74) is 2.94. The summed E-state index contributed by atoms with van der Waals surface area (Å²) in [4.78, 5) is 14.1. The number of carbonyl (C=O) groups excluding carboxylic acids is 1. The monoisotopic (exact) mass is 387 g/mol. The maximum Gasteiger partial charge on any atom is 0.222 e. The first-order chi connectivity index (χ1) is 13.8. The average molecular weight is 388 g/mol. The Morgan fingerprint density at radius 1 is 1.14 bits per heavy atom. The Labute approximate surface area is 170 Å². The van der Waals surface area contributed by atoms with Crippen molar-refractivity contribution in [3.63, 3.8) is 0 Å². The number of morpholine rings is 1. The van der Waals surface area contributed by atoms with E-state index in [9.17, 15) is 4.79 Å². The summed E-state index contributed by atoms with van der Waals surface area (Å²) in [6.45, 7) is 5.61. The van der Waals surface area contributed by atoms with E-state index >= 15 is 0 Å². The molecule has 0 atom stereocenters. The van der Waals surface area contributed by atoms with Crippen LogP contribution in [0.5, 0.6) is 5.75 Å². The Bertz CT molecular complexity index is 606. The molecule has 1 aliphatic heterocycles. The lowest BCUT2D eigenvalue weighted by atomic mass is 9.81. The fraction of sp³-hybridized carbons (Fsp3) is 0.708. The predicted molar refractivity (Wildman–Crippen MR) is 113 cm³/mol. The van der Waals surface area contributed by atoms with Gasteiger partial charge in [0.25, 0.3) is 0 Å². The van der Waals surface area contributed by atoms with E-state index in [1.165, 1.54) is 49.7 Å². The first kappa shape index (κ1) is 21.2. The van der Waals surface area contributed by atoms with Crippen molar-refractivity contribution in [1.82, 2.24) is 4.90 Å². The molecule has 1 aliphatic carbocycles. The van der Waals surface area contributed by atoms with E-state index in [0.29, 0.717) is 26.2 Å². The number of hydrogen-bond acceptors (Lipinski definition) is 3. The zero-order valence-corrected chi connectivity index (χ0v) is 17.6. The van der Waals surface area contributed by atoms with E-state index < -0.39 is 0 Å². The van der Waals surface area contributed by atoms with E-state index in [-0.39, 0.29) is 5.91 Å². The van der Waals surface area contributed by atoms with E-state index in [0.717, 1.165) is 44.0 Å². The van der Waals surface area contributed by atoms with Gasteiger partial charge >= 0.3 is 0 Å². The van der Waals surface area contributed by atoms with E-state index in [4.69, 9.17) is 9.47 Å². The van der Waals surface area contributed by atoms with Crippen molar-refractivity contribution in [1.29, 1.82) is 0 Å². The molecular formula is C24H37NO3. The summed E-state index contributed by atoms with van der Waals surface area (Å²) in [7, 11) is 0. The van der Waals surface area contributed by atoms with E-state index in [1.807, 2.05) is 4.90 Å². The Balaban J connectivity index is 1.41. The molecule has 1 aromatic carbocycles. The van der Waals surface area contributed by atoms with Gasteiger partial charge in [0.2, 0.25) is 5.91 Å². The van der Waals surface area contributed by atoms with Crippen molar-refractivity contribution in [2.24, 2.45) is 5.92 Å². The number of ether oxygens (including phenoxy) is 2. The molecule has 1 saturated heterocycles. The van der Waals surface area contributed by atoms with Crippen molar-refractivity contribution in [2.75, 3.05) is 32.9 Å². The van der Waals surface area contributed by atoms with Crippen LogP contribution in [0.3, 0.4) is 0 Å². The summed E-state index contributed by atoms with van der Waals surface area (Å²) in [5.74, 6) is 2.17. The van der Waals surface area contributed by atoms with Gasteiger partial charge in [-0.05, 0) is 54.9 Å². The molecule has 156 valence electrons. The number of hydrogen-bond donors (Lipinski definition) is 0. The summed E-state index contributed by atoms with van der Waals surface area (Å²) >= 11 is 0. The fourth-order valence-corrected chi connectivity index (χ4v) is 4.18. The van der Waals surface area contributed by atoms with Crippen LogP contribution in [0, 0.1) is 5.92 Å². The van der Waals surface area contributed by atoms with Crippen LogP contribution in [0.2, 0.25) is 0 Å². The number of rotatable bonds is 11. The second-order valence-electron chi connectivity index (χ2n) is 8.31. The van der Waals surface area contributed by atoms with Gasteiger partial charge in [0.1, 0.15) is 5.75 Å². The third kappa shape index (κ3) is 6.51. The molecule has 0 aromatic heterocycles. The van der Waals surface area contributed by atoms with Gasteiger partial charge in [0, 0.05) is 19.5 Å². The number of nitrogens with zero attached hydrogens (tertiary/aromatic N) is 1. The molecular weight excluding hydrogens is 350 g/mol. The van der Waals surface area contributed by atoms with Gasteiger partial charge in [-0.3, -0.25) is 4.79 Å². The van der Waals surface area contributed by atoms with Gasteiger partial charge in [0.05, 0.1) is 19.8 Å². The first-order valence-electron chi connectivity index (χ1n) is 11.4. The molecule has 4 heteroatoms. The SMILES string of the molecule is CCCc1cc(OCCCC(=O)N2CCOCC2)ccc1CCCC1CCC1. The lowest BCUT2D eigenvalue weighted by Crippen LogP contribution is -2.40. The molecule has 3 rings (SSSR count). The lowest BCUT2D eigenvalue weighted by Gasteiger charge is -2.26. The molecule has 0 radical (unpaired) electrons. The average Bonchev–Trinajstić information content (AvgIpc) is 2.69.